The lowest BCUT2D eigenvalue weighted by Crippen LogP contribution is -2.45. The van der Waals surface area contributed by atoms with E-state index in [0.717, 1.165) is 13.1 Å². The van der Waals surface area contributed by atoms with Crippen molar-refractivity contribution in [1.82, 2.24) is 4.90 Å². The van der Waals surface area contributed by atoms with Crippen LogP contribution in [0.2, 0.25) is 0 Å². The molecule has 0 radical (unpaired) electrons. The summed E-state index contributed by atoms with van der Waals surface area (Å²) in [5.41, 5.74) is 0.555. The number of hydrogen-bond donors (Lipinski definition) is 1. The molecule has 2 rings (SSSR count). The van der Waals surface area contributed by atoms with Gasteiger partial charge >= 0.3 is 0 Å². The third kappa shape index (κ3) is 4.49. The van der Waals surface area contributed by atoms with Gasteiger partial charge in [0.2, 0.25) is 0 Å². The second-order valence-electron chi connectivity index (χ2n) is 5.05. The van der Waals surface area contributed by atoms with Crippen molar-refractivity contribution in [2.75, 3.05) is 32.8 Å². The summed E-state index contributed by atoms with van der Waals surface area (Å²) < 4.78 is 11.0. The molecule has 2 unspecified atom stereocenters. The SMILES string of the molecule is CC1CN(CC(O)COc2cccc(C#N)c2)CCO1. The van der Waals surface area contributed by atoms with Gasteiger partial charge in [-0.3, -0.25) is 4.90 Å². The predicted molar refractivity (Wildman–Crippen MR) is 74.5 cm³/mol. The van der Waals surface area contributed by atoms with E-state index in [4.69, 9.17) is 14.7 Å². The third-order valence-electron chi connectivity index (χ3n) is 3.20. The summed E-state index contributed by atoms with van der Waals surface area (Å²) in [7, 11) is 0. The Labute approximate surface area is 119 Å². The molecule has 20 heavy (non-hydrogen) atoms. The van der Waals surface area contributed by atoms with Crippen LogP contribution in [0.4, 0.5) is 0 Å². The number of nitriles is 1. The van der Waals surface area contributed by atoms with E-state index in [2.05, 4.69) is 11.0 Å². The van der Waals surface area contributed by atoms with Crippen molar-refractivity contribution in [3.63, 3.8) is 0 Å². The van der Waals surface area contributed by atoms with E-state index in [-0.39, 0.29) is 12.7 Å². The van der Waals surface area contributed by atoms with Gasteiger partial charge < -0.3 is 14.6 Å². The van der Waals surface area contributed by atoms with Crippen molar-refractivity contribution in [3.8, 4) is 11.8 Å². The number of benzene rings is 1. The molecular formula is C15H20N2O3. The van der Waals surface area contributed by atoms with Crippen LogP contribution < -0.4 is 4.74 Å². The van der Waals surface area contributed by atoms with Gasteiger partial charge in [-0.05, 0) is 25.1 Å². The minimum atomic E-state index is -0.550. The third-order valence-corrected chi connectivity index (χ3v) is 3.20. The zero-order valence-corrected chi connectivity index (χ0v) is 11.7. The van der Waals surface area contributed by atoms with Crippen molar-refractivity contribution >= 4 is 0 Å². The average molecular weight is 276 g/mol. The summed E-state index contributed by atoms with van der Waals surface area (Å²) >= 11 is 0. The molecule has 108 valence electrons. The number of aliphatic hydroxyl groups excluding tert-OH is 1. The molecule has 1 aliphatic rings. The summed E-state index contributed by atoms with van der Waals surface area (Å²) in [5, 5.41) is 18.8. The van der Waals surface area contributed by atoms with Crippen LogP contribution in [0.15, 0.2) is 24.3 Å². The summed E-state index contributed by atoms with van der Waals surface area (Å²) in [4.78, 5) is 2.17. The summed E-state index contributed by atoms with van der Waals surface area (Å²) in [6, 6.07) is 9.00. The molecule has 5 nitrogen and oxygen atoms in total. The molecular weight excluding hydrogens is 256 g/mol. The number of ether oxygens (including phenoxy) is 2. The Morgan fingerprint density at radius 2 is 2.45 bits per heavy atom. The van der Waals surface area contributed by atoms with Gasteiger partial charge in [-0.2, -0.15) is 5.26 Å². The highest BCUT2D eigenvalue weighted by molar-refractivity contribution is 5.36. The van der Waals surface area contributed by atoms with Gasteiger partial charge in [-0.15, -0.1) is 0 Å². The van der Waals surface area contributed by atoms with E-state index in [1.165, 1.54) is 0 Å². The van der Waals surface area contributed by atoms with Gasteiger partial charge in [-0.25, -0.2) is 0 Å². The largest absolute Gasteiger partial charge is 0.491 e. The average Bonchev–Trinajstić information content (AvgIpc) is 2.45. The van der Waals surface area contributed by atoms with Crippen LogP contribution in [0.25, 0.3) is 0 Å². The van der Waals surface area contributed by atoms with Crippen molar-refractivity contribution in [3.05, 3.63) is 29.8 Å². The molecule has 0 spiro atoms. The summed E-state index contributed by atoms with van der Waals surface area (Å²) in [6.07, 6.45) is -0.338. The second-order valence-corrected chi connectivity index (χ2v) is 5.05. The molecule has 0 aromatic heterocycles. The van der Waals surface area contributed by atoms with Crippen LogP contribution in [-0.2, 0) is 4.74 Å². The maximum Gasteiger partial charge on any atom is 0.120 e. The molecule has 0 aliphatic carbocycles. The van der Waals surface area contributed by atoms with Gasteiger partial charge in [0.05, 0.1) is 24.3 Å². The number of hydrogen-bond acceptors (Lipinski definition) is 5. The molecule has 0 amide bonds. The maximum absolute atomic E-state index is 10.0. The Morgan fingerprint density at radius 1 is 1.60 bits per heavy atom. The second kappa shape index (κ2) is 7.25. The molecule has 0 bridgehead atoms. The molecule has 1 aromatic rings. The fraction of sp³-hybridized carbons (Fsp3) is 0.533. The van der Waals surface area contributed by atoms with E-state index in [9.17, 15) is 5.11 Å². The number of aliphatic hydroxyl groups is 1. The Hall–Kier alpha value is -1.61. The van der Waals surface area contributed by atoms with E-state index < -0.39 is 6.10 Å². The maximum atomic E-state index is 10.0. The minimum absolute atomic E-state index is 0.212. The molecule has 1 fully saturated rings. The molecule has 1 aromatic carbocycles. The van der Waals surface area contributed by atoms with Crippen LogP contribution in [0.1, 0.15) is 12.5 Å². The van der Waals surface area contributed by atoms with Crippen LogP contribution in [0.3, 0.4) is 0 Å². The lowest BCUT2D eigenvalue weighted by Gasteiger charge is -2.32. The topological polar surface area (TPSA) is 65.7 Å². The van der Waals surface area contributed by atoms with Crippen LogP contribution in [0, 0.1) is 11.3 Å². The van der Waals surface area contributed by atoms with E-state index >= 15 is 0 Å². The molecule has 1 saturated heterocycles. The molecule has 1 aliphatic heterocycles. The molecule has 5 heteroatoms. The van der Waals surface area contributed by atoms with E-state index in [0.29, 0.717) is 24.5 Å². The van der Waals surface area contributed by atoms with E-state index in [1.54, 1.807) is 24.3 Å². The first-order valence-electron chi connectivity index (χ1n) is 6.82. The van der Waals surface area contributed by atoms with Crippen molar-refractivity contribution < 1.29 is 14.6 Å². The lowest BCUT2D eigenvalue weighted by molar-refractivity contribution is -0.0361. The smallest absolute Gasteiger partial charge is 0.120 e. The Kier molecular flexibility index (Phi) is 5.36. The van der Waals surface area contributed by atoms with Crippen LogP contribution in [-0.4, -0.2) is 55.1 Å². The van der Waals surface area contributed by atoms with Crippen molar-refractivity contribution in [2.45, 2.75) is 19.1 Å². The normalized spacial score (nSPS) is 21.1. The molecule has 0 saturated carbocycles. The van der Waals surface area contributed by atoms with Crippen molar-refractivity contribution in [2.24, 2.45) is 0 Å². The zero-order chi connectivity index (χ0) is 14.4. The Balaban J connectivity index is 1.77. The zero-order valence-electron chi connectivity index (χ0n) is 11.7. The number of nitrogens with zero attached hydrogens (tertiary/aromatic N) is 2. The highest BCUT2D eigenvalue weighted by Crippen LogP contribution is 2.13. The first kappa shape index (κ1) is 14.8. The molecule has 2 atom stereocenters. The Bertz CT molecular complexity index is 472. The Morgan fingerprint density at radius 3 is 3.20 bits per heavy atom. The minimum Gasteiger partial charge on any atom is -0.491 e. The van der Waals surface area contributed by atoms with Gasteiger partial charge in [0, 0.05) is 19.6 Å². The van der Waals surface area contributed by atoms with Gasteiger partial charge in [0.25, 0.3) is 0 Å². The van der Waals surface area contributed by atoms with Gasteiger partial charge in [0.1, 0.15) is 18.5 Å². The number of morpholine rings is 1. The van der Waals surface area contributed by atoms with Crippen molar-refractivity contribution in [1.29, 1.82) is 5.26 Å². The first-order chi connectivity index (χ1) is 9.67. The molecule has 1 N–H and O–H groups in total. The van der Waals surface area contributed by atoms with Crippen LogP contribution in [0.5, 0.6) is 5.75 Å². The standard InChI is InChI=1S/C15H20N2O3/c1-12-9-17(5-6-19-12)10-14(18)11-20-15-4-2-3-13(7-15)8-16/h2-4,7,12,14,18H,5-6,9-11H2,1H3. The lowest BCUT2D eigenvalue weighted by atomic mass is 10.2. The fourth-order valence-electron chi connectivity index (χ4n) is 2.26. The number of rotatable bonds is 5. The van der Waals surface area contributed by atoms with Gasteiger partial charge in [0.15, 0.2) is 0 Å². The molecule has 1 heterocycles. The first-order valence-corrected chi connectivity index (χ1v) is 6.82. The number of β-amino-alcohol motifs (C(OH)–C–C–N with tert-alkyl or cyclic N) is 1. The van der Waals surface area contributed by atoms with Crippen LogP contribution >= 0.6 is 0 Å². The summed E-state index contributed by atoms with van der Waals surface area (Å²) in [5.74, 6) is 0.610. The highest BCUT2D eigenvalue weighted by atomic mass is 16.5. The quantitative estimate of drug-likeness (QED) is 0.869. The predicted octanol–water partition coefficient (Wildman–Crippen LogP) is 1.02. The highest BCUT2D eigenvalue weighted by Gasteiger charge is 2.19. The fourth-order valence-corrected chi connectivity index (χ4v) is 2.26. The summed E-state index contributed by atoms with van der Waals surface area (Å²) in [6.45, 7) is 5.21. The van der Waals surface area contributed by atoms with Gasteiger partial charge in [-0.1, -0.05) is 6.07 Å². The monoisotopic (exact) mass is 276 g/mol. The van der Waals surface area contributed by atoms with E-state index in [1.807, 2.05) is 6.92 Å².